The molecule has 0 spiro atoms. The summed E-state index contributed by atoms with van der Waals surface area (Å²) < 4.78 is 41.2. The van der Waals surface area contributed by atoms with Crippen LogP contribution < -0.4 is 5.32 Å². The van der Waals surface area contributed by atoms with Gasteiger partial charge >= 0.3 is 0 Å². The fraction of sp³-hybridized carbons (Fsp3) is 0.222. The Hall–Kier alpha value is -2.81. The third kappa shape index (κ3) is 3.82. The summed E-state index contributed by atoms with van der Waals surface area (Å²) in [5, 5.41) is 2.77. The predicted molar refractivity (Wildman–Crippen MR) is 96.3 cm³/mol. The van der Waals surface area contributed by atoms with E-state index in [4.69, 9.17) is 0 Å². The van der Waals surface area contributed by atoms with Crippen molar-refractivity contribution in [2.45, 2.75) is 27.2 Å². The van der Waals surface area contributed by atoms with E-state index in [1.54, 1.807) is 13.8 Å². The number of nitrogens with one attached hydrogen (secondary N) is 1. The quantitative estimate of drug-likeness (QED) is 0.712. The van der Waals surface area contributed by atoms with Gasteiger partial charge < -0.3 is 0 Å². The van der Waals surface area contributed by atoms with Crippen LogP contribution in [0.2, 0.25) is 0 Å². The number of hydrogen-bond acceptors (Lipinski definition) is 5. The van der Waals surface area contributed by atoms with Gasteiger partial charge in [0.1, 0.15) is 23.3 Å². The molecule has 0 aliphatic heterocycles. The maximum atomic E-state index is 14.0. The van der Waals surface area contributed by atoms with Crippen LogP contribution >= 0.6 is 11.3 Å². The Balaban J connectivity index is 1.93. The lowest BCUT2D eigenvalue weighted by Gasteiger charge is -2.06. The van der Waals surface area contributed by atoms with Crippen LogP contribution in [-0.4, -0.2) is 20.9 Å². The van der Waals surface area contributed by atoms with Crippen molar-refractivity contribution < 1.29 is 18.0 Å². The summed E-state index contributed by atoms with van der Waals surface area (Å²) in [6, 6.07) is 1.18. The summed E-state index contributed by atoms with van der Waals surface area (Å²) in [5.74, 6) is -3.04. The van der Waals surface area contributed by atoms with Gasteiger partial charge in [0.25, 0.3) is 5.91 Å². The van der Waals surface area contributed by atoms with E-state index >= 15 is 0 Å². The van der Waals surface area contributed by atoms with Crippen molar-refractivity contribution in [2.75, 3.05) is 5.32 Å². The van der Waals surface area contributed by atoms with Gasteiger partial charge in [-0.15, -0.1) is 11.3 Å². The molecule has 0 bridgehead atoms. The molecule has 27 heavy (non-hydrogen) atoms. The number of benzene rings is 1. The Morgan fingerprint density at radius 1 is 1.15 bits per heavy atom. The van der Waals surface area contributed by atoms with Gasteiger partial charge in [-0.1, -0.05) is 6.92 Å². The van der Waals surface area contributed by atoms with Gasteiger partial charge in [-0.3, -0.25) is 10.1 Å². The number of amides is 1. The molecule has 2 heterocycles. The van der Waals surface area contributed by atoms with Gasteiger partial charge in [-0.25, -0.2) is 28.1 Å². The molecular weight excluding hydrogens is 377 g/mol. The lowest BCUT2D eigenvalue weighted by Crippen LogP contribution is -2.16. The Bertz CT molecular complexity index is 1010. The first-order valence-electron chi connectivity index (χ1n) is 8.06. The molecule has 1 amide bonds. The van der Waals surface area contributed by atoms with Crippen LogP contribution in [0.25, 0.3) is 11.3 Å². The highest BCUT2D eigenvalue weighted by Crippen LogP contribution is 2.34. The average molecular weight is 392 g/mol. The van der Waals surface area contributed by atoms with Crippen LogP contribution in [0.15, 0.2) is 18.3 Å². The molecule has 1 N–H and O–H groups in total. The maximum Gasteiger partial charge on any atom is 0.260 e. The lowest BCUT2D eigenvalue weighted by molar-refractivity contribution is 0.102. The number of rotatable bonds is 4. The van der Waals surface area contributed by atoms with Crippen LogP contribution in [0.5, 0.6) is 0 Å². The Kier molecular flexibility index (Phi) is 5.22. The van der Waals surface area contributed by atoms with E-state index in [9.17, 15) is 18.0 Å². The second kappa shape index (κ2) is 7.43. The van der Waals surface area contributed by atoms with Crippen molar-refractivity contribution in [3.05, 3.63) is 57.7 Å². The number of aryl methyl sites for hydroxylation is 3. The summed E-state index contributed by atoms with van der Waals surface area (Å²) in [5.41, 5.74) is 0.473. The minimum Gasteiger partial charge on any atom is -0.298 e. The van der Waals surface area contributed by atoms with E-state index in [2.05, 4.69) is 20.3 Å². The highest BCUT2D eigenvalue weighted by atomic mass is 32.1. The van der Waals surface area contributed by atoms with E-state index in [0.717, 1.165) is 11.3 Å². The first-order valence-corrected chi connectivity index (χ1v) is 8.88. The van der Waals surface area contributed by atoms with E-state index in [1.165, 1.54) is 6.20 Å². The molecule has 3 rings (SSSR count). The Morgan fingerprint density at radius 2 is 1.81 bits per heavy atom. The number of hydrogen-bond donors (Lipinski definition) is 1. The molecule has 0 fully saturated rings. The maximum absolute atomic E-state index is 14.0. The second-order valence-corrected chi connectivity index (χ2v) is 6.96. The largest absolute Gasteiger partial charge is 0.298 e. The van der Waals surface area contributed by atoms with Gasteiger partial charge in [0.05, 0.1) is 22.5 Å². The number of aromatic nitrogens is 3. The zero-order chi connectivity index (χ0) is 19.7. The third-order valence-electron chi connectivity index (χ3n) is 3.83. The predicted octanol–water partition coefficient (Wildman–Crippen LogP) is 4.45. The fourth-order valence-electron chi connectivity index (χ4n) is 2.59. The number of nitrogens with zero attached hydrogens (tertiary/aromatic N) is 3. The summed E-state index contributed by atoms with van der Waals surface area (Å²) in [6.07, 6.45) is 1.97. The molecule has 3 aromatic rings. The number of thiazole rings is 1. The first kappa shape index (κ1) is 19.0. The molecule has 0 unspecified atom stereocenters. The van der Waals surface area contributed by atoms with Crippen molar-refractivity contribution in [3.8, 4) is 11.3 Å². The van der Waals surface area contributed by atoms with Crippen LogP contribution in [0.4, 0.5) is 18.3 Å². The second-order valence-electron chi connectivity index (χ2n) is 5.75. The van der Waals surface area contributed by atoms with Crippen LogP contribution in [-0.2, 0) is 6.42 Å². The van der Waals surface area contributed by atoms with Crippen molar-refractivity contribution in [3.63, 3.8) is 0 Å². The topological polar surface area (TPSA) is 67.8 Å². The van der Waals surface area contributed by atoms with Gasteiger partial charge in [-0.2, -0.15) is 0 Å². The summed E-state index contributed by atoms with van der Waals surface area (Å²) in [7, 11) is 0. The van der Waals surface area contributed by atoms with E-state index in [-0.39, 0.29) is 10.8 Å². The standard InChI is InChI=1S/C18H15F3N4OS/c1-4-14-11(7-22-9(3)23-14)17(26)25-18-24-16(8(2)27-18)15-12(20)5-10(19)6-13(15)21/h5-7H,4H2,1-3H3,(H,24,25,26). The van der Waals surface area contributed by atoms with Gasteiger partial charge in [-0.05, 0) is 20.3 Å². The Morgan fingerprint density at radius 3 is 2.44 bits per heavy atom. The molecule has 0 aliphatic carbocycles. The van der Waals surface area contributed by atoms with Crippen molar-refractivity contribution in [2.24, 2.45) is 0 Å². The van der Waals surface area contributed by atoms with Crippen molar-refractivity contribution in [1.29, 1.82) is 0 Å². The van der Waals surface area contributed by atoms with E-state index in [0.29, 0.717) is 40.5 Å². The van der Waals surface area contributed by atoms with Crippen LogP contribution in [0.3, 0.4) is 0 Å². The highest BCUT2D eigenvalue weighted by Gasteiger charge is 2.21. The highest BCUT2D eigenvalue weighted by molar-refractivity contribution is 7.16. The minimum absolute atomic E-state index is 0.0150. The molecule has 0 atom stereocenters. The minimum atomic E-state index is -1.06. The zero-order valence-electron chi connectivity index (χ0n) is 14.7. The molecule has 1 aromatic carbocycles. The normalized spacial score (nSPS) is 10.9. The molecule has 0 saturated heterocycles. The molecule has 5 nitrogen and oxygen atoms in total. The van der Waals surface area contributed by atoms with E-state index in [1.807, 2.05) is 6.92 Å². The molecular formula is C18H15F3N4OS. The monoisotopic (exact) mass is 392 g/mol. The van der Waals surface area contributed by atoms with Crippen molar-refractivity contribution in [1.82, 2.24) is 15.0 Å². The molecule has 140 valence electrons. The summed E-state index contributed by atoms with van der Waals surface area (Å²) >= 11 is 1.06. The summed E-state index contributed by atoms with van der Waals surface area (Å²) in [4.78, 5) is 25.4. The van der Waals surface area contributed by atoms with Crippen LogP contribution in [0, 0.1) is 31.3 Å². The number of carbonyl (C=O) groups is 1. The zero-order valence-corrected chi connectivity index (χ0v) is 15.5. The first-order chi connectivity index (χ1) is 12.8. The molecule has 0 radical (unpaired) electrons. The lowest BCUT2D eigenvalue weighted by atomic mass is 10.1. The third-order valence-corrected chi connectivity index (χ3v) is 4.71. The fourth-order valence-corrected chi connectivity index (χ4v) is 3.41. The molecule has 9 heteroatoms. The Labute approximate surface area is 157 Å². The average Bonchev–Trinajstić information content (AvgIpc) is 2.93. The SMILES string of the molecule is CCc1nc(C)ncc1C(=O)Nc1nc(-c2c(F)cc(F)cc2F)c(C)s1. The molecule has 2 aromatic heterocycles. The van der Waals surface area contributed by atoms with E-state index < -0.39 is 28.9 Å². The summed E-state index contributed by atoms with van der Waals surface area (Å²) in [6.45, 7) is 5.20. The number of anilines is 1. The number of halogens is 3. The van der Waals surface area contributed by atoms with Gasteiger partial charge in [0.2, 0.25) is 0 Å². The van der Waals surface area contributed by atoms with Gasteiger partial charge in [0, 0.05) is 23.2 Å². The molecule has 0 aliphatic rings. The van der Waals surface area contributed by atoms with Crippen LogP contribution in [0.1, 0.15) is 33.7 Å². The number of carbonyl (C=O) groups excluding carboxylic acids is 1. The van der Waals surface area contributed by atoms with Gasteiger partial charge in [0.15, 0.2) is 5.13 Å². The smallest absolute Gasteiger partial charge is 0.260 e. The molecule has 0 saturated carbocycles. The van der Waals surface area contributed by atoms with Crippen molar-refractivity contribution >= 4 is 22.4 Å².